The number of aromatic nitrogens is 3. The van der Waals surface area contributed by atoms with Gasteiger partial charge in [0.15, 0.2) is 0 Å². The van der Waals surface area contributed by atoms with Gasteiger partial charge in [0.2, 0.25) is 5.28 Å². The zero-order valence-corrected chi connectivity index (χ0v) is 11.7. The van der Waals surface area contributed by atoms with E-state index in [9.17, 15) is 0 Å². The summed E-state index contributed by atoms with van der Waals surface area (Å²) in [6, 6.07) is 0. The Bertz CT molecular complexity index is 444. The van der Waals surface area contributed by atoms with Crippen LogP contribution in [0.25, 0.3) is 0 Å². The second-order valence-electron chi connectivity index (χ2n) is 6.72. The molecule has 4 aliphatic carbocycles. The van der Waals surface area contributed by atoms with Gasteiger partial charge in [-0.2, -0.15) is 0 Å². The van der Waals surface area contributed by atoms with Gasteiger partial charge < -0.3 is 0 Å². The summed E-state index contributed by atoms with van der Waals surface area (Å²) in [6.45, 7) is 2.15. The first-order chi connectivity index (χ1) is 8.70. The normalized spacial score (nSPS) is 41.6. The summed E-state index contributed by atoms with van der Waals surface area (Å²) in [5, 5.41) is 9.01. The molecule has 4 bridgehead atoms. The van der Waals surface area contributed by atoms with E-state index in [1.807, 2.05) is 0 Å². The van der Waals surface area contributed by atoms with Crippen LogP contribution in [0.2, 0.25) is 5.28 Å². The molecule has 4 fully saturated rings. The zero-order valence-electron chi connectivity index (χ0n) is 10.9. The minimum atomic E-state index is 0.265. The molecule has 1 aromatic rings. The lowest BCUT2D eigenvalue weighted by molar-refractivity contribution is -0.0443. The van der Waals surface area contributed by atoms with E-state index in [2.05, 4.69) is 21.7 Å². The van der Waals surface area contributed by atoms with E-state index < -0.39 is 0 Å². The van der Waals surface area contributed by atoms with E-state index in [1.165, 1.54) is 38.5 Å². The molecule has 0 unspecified atom stereocenters. The molecule has 0 aliphatic heterocycles. The monoisotopic (exact) mass is 265 g/mol. The van der Waals surface area contributed by atoms with Crippen molar-refractivity contribution in [3.8, 4) is 0 Å². The molecule has 1 aromatic heterocycles. The van der Waals surface area contributed by atoms with Crippen molar-refractivity contribution in [2.24, 2.45) is 17.8 Å². The maximum atomic E-state index is 6.35. The number of rotatable bonds is 2. The summed E-state index contributed by atoms with van der Waals surface area (Å²) in [4.78, 5) is 0. The molecule has 0 radical (unpaired) electrons. The summed E-state index contributed by atoms with van der Waals surface area (Å²) in [5.74, 6) is 3.88. The zero-order chi connectivity index (χ0) is 12.3. The van der Waals surface area contributed by atoms with Crippen molar-refractivity contribution in [1.29, 1.82) is 0 Å². The minimum Gasteiger partial charge on any atom is -0.296 e. The summed E-state index contributed by atoms with van der Waals surface area (Å²) in [6.07, 6.45) is 9.24. The van der Waals surface area contributed by atoms with Crippen molar-refractivity contribution >= 4 is 11.6 Å². The highest BCUT2D eigenvalue weighted by atomic mass is 35.5. The predicted molar refractivity (Wildman–Crippen MR) is 70.6 cm³/mol. The van der Waals surface area contributed by atoms with Crippen LogP contribution in [0.15, 0.2) is 0 Å². The van der Waals surface area contributed by atoms with Crippen molar-refractivity contribution in [1.82, 2.24) is 14.8 Å². The highest BCUT2D eigenvalue weighted by Gasteiger charge is 2.53. The van der Waals surface area contributed by atoms with Crippen LogP contribution in [-0.2, 0) is 12.0 Å². The van der Waals surface area contributed by atoms with Gasteiger partial charge in [-0.1, -0.05) is 6.92 Å². The van der Waals surface area contributed by atoms with Gasteiger partial charge in [-0.05, 0) is 67.9 Å². The van der Waals surface area contributed by atoms with Crippen molar-refractivity contribution in [2.45, 2.75) is 57.4 Å². The van der Waals surface area contributed by atoms with Gasteiger partial charge in [0, 0.05) is 12.0 Å². The topological polar surface area (TPSA) is 30.7 Å². The van der Waals surface area contributed by atoms with Crippen LogP contribution in [0.4, 0.5) is 0 Å². The van der Waals surface area contributed by atoms with Gasteiger partial charge in [-0.3, -0.25) is 4.57 Å². The standard InChI is InChI=1S/C14H20ClN3/c1-2-12-16-17-13(15)18(12)14-6-9-3-10(7-14)5-11(4-9)8-14/h9-11H,2-8H2,1H3. The molecule has 0 aromatic carbocycles. The average Bonchev–Trinajstić information content (AvgIpc) is 2.69. The Balaban J connectivity index is 1.81. The molecule has 1 heterocycles. The average molecular weight is 266 g/mol. The van der Waals surface area contributed by atoms with Gasteiger partial charge in [0.05, 0.1) is 0 Å². The lowest BCUT2D eigenvalue weighted by Gasteiger charge is -2.57. The molecule has 0 N–H and O–H groups in total. The molecule has 0 saturated heterocycles. The SMILES string of the molecule is CCc1nnc(Cl)n1C12CC3CC(CC(C3)C1)C2. The lowest BCUT2D eigenvalue weighted by Crippen LogP contribution is -2.52. The van der Waals surface area contributed by atoms with Gasteiger partial charge in [-0.15, -0.1) is 10.2 Å². The van der Waals surface area contributed by atoms with Crippen LogP contribution < -0.4 is 0 Å². The van der Waals surface area contributed by atoms with E-state index in [1.54, 1.807) is 0 Å². The Hall–Kier alpha value is -0.570. The fourth-order valence-corrected chi connectivity index (χ4v) is 5.65. The quantitative estimate of drug-likeness (QED) is 0.820. The number of nitrogens with zero attached hydrogens (tertiary/aromatic N) is 3. The third-order valence-corrected chi connectivity index (χ3v) is 5.73. The molecule has 3 nitrogen and oxygen atoms in total. The second-order valence-corrected chi connectivity index (χ2v) is 7.05. The van der Waals surface area contributed by atoms with E-state index >= 15 is 0 Å². The lowest BCUT2D eigenvalue weighted by atomic mass is 9.53. The van der Waals surface area contributed by atoms with Crippen molar-refractivity contribution < 1.29 is 0 Å². The molecule has 5 rings (SSSR count). The van der Waals surface area contributed by atoms with Crippen LogP contribution in [-0.4, -0.2) is 14.8 Å². The van der Waals surface area contributed by atoms with E-state index in [0.717, 1.165) is 30.0 Å². The Morgan fingerprint density at radius 1 is 1.11 bits per heavy atom. The van der Waals surface area contributed by atoms with E-state index in [4.69, 9.17) is 11.6 Å². The first-order valence-electron chi connectivity index (χ1n) is 7.30. The summed E-state index contributed by atoms with van der Waals surface area (Å²) in [5.41, 5.74) is 0.265. The Morgan fingerprint density at radius 3 is 2.17 bits per heavy atom. The van der Waals surface area contributed by atoms with Gasteiger partial charge in [0.1, 0.15) is 5.82 Å². The Labute approximate surface area is 113 Å². The number of hydrogen-bond donors (Lipinski definition) is 0. The van der Waals surface area contributed by atoms with Crippen LogP contribution in [0.5, 0.6) is 0 Å². The Morgan fingerprint density at radius 2 is 1.67 bits per heavy atom. The molecule has 4 heteroatoms. The molecule has 18 heavy (non-hydrogen) atoms. The third kappa shape index (κ3) is 1.43. The van der Waals surface area contributed by atoms with Gasteiger partial charge in [0.25, 0.3) is 0 Å². The van der Waals surface area contributed by atoms with Crippen LogP contribution >= 0.6 is 11.6 Å². The van der Waals surface area contributed by atoms with Crippen molar-refractivity contribution in [2.75, 3.05) is 0 Å². The fraction of sp³-hybridized carbons (Fsp3) is 0.857. The maximum absolute atomic E-state index is 6.35. The molecule has 4 saturated carbocycles. The summed E-state index contributed by atoms with van der Waals surface area (Å²) < 4.78 is 2.30. The fourth-order valence-electron chi connectivity index (χ4n) is 5.33. The van der Waals surface area contributed by atoms with Crippen molar-refractivity contribution in [3.63, 3.8) is 0 Å². The molecule has 0 amide bonds. The maximum Gasteiger partial charge on any atom is 0.225 e. The molecular formula is C14H20ClN3. The molecular weight excluding hydrogens is 246 g/mol. The van der Waals surface area contributed by atoms with Gasteiger partial charge >= 0.3 is 0 Å². The molecule has 0 spiro atoms. The summed E-state index contributed by atoms with van der Waals surface area (Å²) >= 11 is 6.35. The second kappa shape index (κ2) is 3.72. The molecule has 98 valence electrons. The number of aryl methyl sites for hydroxylation is 1. The van der Waals surface area contributed by atoms with E-state index in [0.29, 0.717) is 5.28 Å². The van der Waals surface area contributed by atoms with Gasteiger partial charge in [-0.25, -0.2) is 0 Å². The largest absolute Gasteiger partial charge is 0.296 e. The summed E-state index contributed by atoms with van der Waals surface area (Å²) in [7, 11) is 0. The smallest absolute Gasteiger partial charge is 0.225 e. The Kier molecular flexibility index (Phi) is 2.33. The number of hydrogen-bond acceptors (Lipinski definition) is 2. The first kappa shape index (κ1) is 11.3. The number of halogens is 1. The third-order valence-electron chi connectivity index (χ3n) is 5.49. The molecule has 0 atom stereocenters. The highest BCUT2D eigenvalue weighted by molar-refractivity contribution is 6.28. The van der Waals surface area contributed by atoms with E-state index in [-0.39, 0.29) is 5.54 Å². The van der Waals surface area contributed by atoms with Crippen LogP contribution in [0.3, 0.4) is 0 Å². The predicted octanol–water partition coefficient (Wildman–Crippen LogP) is 3.42. The van der Waals surface area contributed by atoms with Crippen LogP contribution in [0, 0.1) is 17.8 Å². The van der Waals surface area contributed by atoms with Crippen LogP contribution in [0.1, 0.15) is 51.3 Å². The van der Waals surface area contributed by atoms with Crippen molar-refractivity contribution in [3.05, 3.63) is 11.1 Å². The molecule has 4 aliphatic rings. The first-order valence-corrected chi connectivity index (χ1v) is 7.68. The highest BCUT2D eigenvalue weighted by Crippen LogP contribution is 2.59. The minimum absolute atomic E-state index is 0.265.